The van der Waals surface area contributed by atoms with Crippen molar-refractivity contribution in [2.45, 2.75) is 57.4 Å². The molecule has 14 heteroatoms. The van der Waals surface area contributed by atoms with E-state index in [4.69, 9.17) is 35.3 Å². The number of halogens is 1. The molecule has 1 fully saturated rings. The molecule has 242 valence electrons. The van der Waals surface area contributed by atoms with Crippen LogP contribution in [0.3, 0.4) is 0 Å². The van der Waals surface area contributed by atoms with Crippen molar-refractivity contribution in [3.8, 4) is 11.8 Å². The van der Waals surface area contributed by atoms with E-state index in [1.165, 1.54) is 27.9 Å². The summed E-state index contributed by atoms with van der Waals surface area (Å²) in [4.78, 5) is 49.8. The Morgan fingerprint density at radius 2 is 1.57 bits per heavy atom. The van der Waals surface area contributed by atoms with Gasteiger partial charge >= 0.3 is 17.9 Å². The second-order valence-electron chi connectivity index (χ2n) is 10.3. The van der Waals surface area contributed by atoms with Crippen molar-refractivity contribution < 1.29 is 42.9 Å². The highest BCUT2D eigenvalue weighted by molar-refractivity contribution is 8.03. The third-order valence-corrected chi connectivity index (χ3v) is 8.43. The van der Waals surface area contributed by atoms with E-state index in [0.29, 0.717) is 32.7 Å². The Labute approximate surface area is 275 Å². The number of methoxy groups -OCH3 is 1. The number of nitrogens with one attached hydrogen (secondary N) is 2. The van der Waals surface area contributed by atoms with Crippen LogP contribution in [-0.2, 0) is 38.1 Å². The number of nitriles is 1. The zero-order valence-corrected chi connectivity index (χ0v) is 27.2. The summed E-state index contributed by atoms with van der Waals surface area (Å²) in [6.07, 6.45) is -3.47. The molecule has 0 aromatic heterocycles. The van der Waals surface area contributed by atoms with Crippen molar-refractivity contribution in [1.29, 1.82) is 5.26 Å². The molecule has 0 aliphatic carbocycles. The molecular formula is C32H32ClN3O9S. The van der Waals surface area contributed by atoms with Gasteiger partial charge in [-0.25, -0.2) is 0 Å². The van der Waals surface area contributed by atoms with Crippen LogP contribution in [0.4, 0.5) is 5.69 Å². The van der Waals surface area contributed by atoms with Crippen LogP contribution in [0.15, 0.2) is 70.4 Å². The van der Waals surface area contributed by atoms with E-state index >= 15 is 0 Å². The third kappa shape index (κ3) is 8.20. The molecular weight excluding hydrogens is 638 g/mol. The molecule has 1 saturated heterocycles. The lowest BCUT2D eigenvalue weighted by Crippen LogP contribution is -2.56. The summed E-state index contributed by atoms with van der Waals surface area (Å²) < 4.78 is 27.6. The van der Waals surface area contributed by atoms with Gasteiger partial charge in [0.05, 0.1) is 36.3 Å². The van der Waals surface area contributed by atoms with E-state index in [0.717, 1.165) is 11.8 Å². The molecule has 2 heterocycles. The highest BCUT2D eigenvalue weighted by Crippen LogP contribution is 2.44. The number of thioether (sulfide) groups is 1. The number of ether oxygens (including phenoxy) is 5. The van der Waals surface area contributed by atoms with Crippen molar-refractivity contribution >= 4 is 52.9 Å². The third-order valence-electron chi connectivity index (χ3n) is 6.98. The van der Waals surface area contributed by atoms with Gasteiger partial charge in [0.15, 0.2) is 18.3 Å². The lowest BCUT2D eigenvalue weighted by atomic mass is 9.82. The molecule has 1 unspecified atom stereocenters. The number of carbonyl (C=O) groups excluding carboxylic acids is 4. The summed E-state index contributed by atoms with van der Waals surface area (Å²) in [6.45, 7) is 5.06. The molecule has 46 heavy (non-hydrogen) atoms. The van der Waals surface area contributed by atoms with Gasteiger partial charge < -0.3 is 34.3 Å². The number of nitrogens with zero attached hydrogens (tertiary/aromatic N) is 1. The summed E-state index contributed by atoms with van der Waals surface area (Å²) in [5.74, 6) is -2.72. The molecule has 0 bridgehead atoms. The molecule has 5 atom stereocenters. The van der Waals surface area contributed by atoms with Gasteiger partial charge in [-0.15, -0.1) is 0 Å². The van der Waals surface area contributed by atoms with Crippen molar-refractivity contribution in [2.24, 2.45) is 0 Å². The Balaban J connectivity index is 1.75. The van der Waals surface area contributed by atoms with Crippen LogP contribution in [0.2, 0.25) is 5.02 Å². The monoisotopic (exact) mass is 669 g/mol. The maximum Gasteiger partial charge on any atom is 0.303 e. The van der Waals surface area contributed by atoms with Crippen molar-refractivity contribution in [3.05, 3.63) is 81.0 Å². The normalized spacial score (nSPS) is 22.6. The number of benzene rings is 2. The summed E-state index contributed by atoms with van der Waals surface area (Å²) in [7, 11) is 1.53. The first-order valence-corrected chi connectivity index (χ1v) is 15.3. The number of allylic oxidation sites excluding steroid dienone is 2. The van der Waals surface area contributed by atoms with Gasteiger partial charge in [-0.1, -0.05) is 35.5 Å². The summed E-state index contributed by atoms with van der Waals surface area (Å²) in [6, 6.07) is 15.8. The first kappa shape index (κ1) is 34.4. The van der Waals surface area contributed by atoms with Crippen LogP contribution < -0.4 is 15.4 Å². The smallest absolute Gasteiger partial charge is 0.303 e. The van der Waals surface area contributed by atoms with Crippen LogP contribution in [0.25, 0.3) is 0 Å². The fourth-order valence-electron chi connectivity index (χ4n) is 5.09. The number of rotatable bonds is 9. The lowest BCUT2D eigenvalue weighted by molar-refractivity contribution is -0.213. The van der Waals surface area contributed by atoms with Gasteiger partial charge in [0.2, 0.25) is 0 Å². The Bertz CT molecular complexity index is 1600. The summed E-state index contributed by atoms with van der Waals surface area (Å²) in [5.41, 5.74) is 1.03. The van der Waals surface area contributed by atoms with E-state index in [2.05, 4.69) is 16.7 Å². The molecule has 2 aromatic rings. The second kappa shape index (κ2) is 15.2. The van der Waals surface area contributed by atoms with Gasteiger partial charge in [-0.2, -0.15) is 5.26 Å². The first-order valence-electron chi connectivity index (χ1n) is 14.0. The molecule has 1 amide bonds. The van der Waals surface area contributed by atoms with E-state index in [9.17, 15) is 24.4 Å². The van der Waals surface area contributed by atoms with E-state index in [-0.39, 0.29) is 17.8 Å². The van der Waals surface area contributed by atoms with Crippen LogP contribution in [0.5, 0.6) is 5.75 Å². The zero-order valence-electron chi connectivity index (χ0n) is 25.6. The van der Waals surface area contributed by atoms with Gasteiger partial charge in [-0.3, -0.25) is 19.2 Å². The maximum atomic E-state index is 13.8. The highest BCUT2D eigenvalue weighted by Gasteiger charge is 2.48. The number of amides is 1. The molecule has 4 rings (SSSR count). The van der Waals surface area contributed by atoms with E-state index in [1.807, 2.05) is 0 Å². The average molecular weight is 670 g/mol. The summed E-state index contributed by atoms with van der Waals surface area (Å²) in [5, 5.41) is 17.4. The number of carbonyl (C=O) groups is 4. The number of hydrogen-bond donors (Lipinski definition) is 2. The van der Waals surface area contributed by atoms with E-state index < -0.39 is 53.5 Å². The second-order valence-corrected chi connectivity index (χ2v) is 11.8. The average Bonchev–Trinajstić information content (AvgIpc) is 3.00. The minimum absolute atomic E-state index is 0.179. The highest BCUT2D eigenvalue weighted by atomic mass is 35.5. The lowest BCUT2D eigenvalue weighted by Gasteiger charge is -2.41. The molecule has 0 spiro atoms. The minimum Gasteiger partial charge on any atom is -0.497 e. The SMILES string of the molecule is COc1ccc(C2C(C#N)=C(S[C@@H]3OC[C@H](OC(C)=O)[C@H](OC(C)=O)[C@H]3OC(C)=O)NC(C)=C2C(=O)Nc2ccc(Cl)cc2)cc1. The standard InChI is InChI=1S/C32H32ClN3O9S/c1-16-26(30(40)36-22-10-8-21(33)9-11-22)27(20-6-12-23(41-5)13-7-20)24(14-34)31(35-16)46-32-29(45-19(4)39)28(44-18(3)38)25(15-42-32)43-17(2)37/h6-13,25,27-29,32,35H,15H2,1-5H3,(H,36,40)/t25-,27?,28-,29+,32-/m0/s1. The molecule has 2 N–H and O–H groups in total. The fourth-order valence-corrected chi connectivity index (χ4v) is 6.45. The van der Waals surface area contributed by atoms with Crippen LogP contribution >= 0.6 is 23.4 Å². The molecule has 12 nitrogen and oxygen atoms in total. The first-order chi connectivity index (χ1) is 21.9. The van der Waals surface area contributed by atoms with Gasteiger partial charge in [0.25, 0.3) is 5.91 Å². The van der Waals surface area contributed by atoms with Crippen molar-refractivity contribution in [2.75, 3.05) is 19.0 Å². The largest absolute Gasteiger partial charge is 0.497 e. The molecule has 2 aromatic carbocycles. The van der Waals surface area contributed by atoms with E-state index in [1.54, 1.807) is 55.5 Å². The molecule has 0 saturated carbocycles. The van der Waals surface area contributed by atoms with Crippen LogP contribution in [-0.4, -0.2) is 61.3 Å². The summed E-state index contributed by atoms with van der Waals surface area (Å²) >= 11 is 7.03. The topological polar surface area (TPSA) is 162 Å². The van der Waals surface area contributed by atoms with Crippen molar-refractivity contribution in [1.82, 2.24) is 5.32 Å². The van der Waals surface area contributed by atoms with Crippen LogP contribution in [0, 0.1) is 11.3 Å². The predicted octanol–water partition coefficient (Wildman–Crippen LogP) is 4.57. The Morgan fingerprint density at radius 1 is 0.957 bits per heavy atom. The number of dihydropyridines is 1. The van der Waals surface area contributed by atoms with Gasteiger partial charge in [0, 0.05) is 42.8 Å². The maximum absolute atomic E-state index is 13.8. The molecule has 2 aliphatic rings. The number of hydrogen-bond acceptors (Lipinski definition) is 12. The van der Waals surface area contributed by atoms with Gasteiger partial charge in [0.1, 0.15) is 11.2 Å². The van der Waals surface area contributed by atoms with Crippen molar-refractivity contribution in [3.63, 3.8) is 0 Å². The number of esters is 3. The van der Waals surface area contributed by atoms with Gasteiger partial charge in [-0.05, 0) is 48.9 Å². The molecule has 0 radical (unpaired) electrons. The number of anilines is 1. The fraction of sp³-hybridized carbons (Fsp3) is 0.344. The van der Waals surface area contributed by atoms with Crippen LogP contribution in [0.1, 0.15) is 39.2 Å². The minimum atomic E-state index is -1.22. The Morgan fingerprint density at radius 3 is 2.13 bits per heavy atom. The quantitative estimate of drug-likeness (QED) is 0.283. The Hall–Kier alpha value is -4.51. The Kier molecular flexibility index (Phi) is 11.3. The zero-order chi connectivity index (χ0) is 33.5. The molecule has 2 aliphatic heterocycles. The predicted molar refractivity (Wildman–Crippen MR) is 168 cm³/mol.